The van der Waals surface area contributed by atoms with Crippen molar-refractivity contribution in [3.8, 4) is 5.88 Å². The number of ether oxygens (including phenoxy) is 1. The molecule has 0 bridgehead atoms. The number of aromatic nitrogens is 1. The lowest BCUT2D eigenvalue weighted by Gasteiger charge is -2.22. The number of pyridine rings is 1. The fourth-order valence-electron chi connectivity index (χ4n) is 3.47. The maximum Gasteiger partial charge on any atom is 0.253 e. The molecule has 1 aromatic carbocycles. The van der Waals surface area contributed by atoms with Crippen LogP contribution in [0, 0.1) is 11.8 Å². The van der Waals surface area contributed by atoms with Gasteiger partial charge in [-0.2, -0.15) is 0 Å². The van der Waals surface area contributed by atoms with Crippen LogP contribution in [0.15, 0.2) is 47.1 Å². The molecule has 124 valence electrons. The minimum atomic E-state index is -0.0558. The van der Waals surface area contributed by atoms with Crippen molar-refractivity contribution in [1.82, 2.24) is 10.3 Å². The monoisotopic (exact) mass is 387 g/mol. The van der Waals surface area contributed by atoms with Crippen molar-refractivity contribution in [3.05, 3.63) is 52.6 Å². The van der Waals surface area contributed by atoms with Crippen molar-refractivity contribution in [2.45, 2.75) is 6.04 Å². The lowest BCUT2D eigenvalue weighted by molar-refractivity contribution is 0.0946. The predicted molar refractivity (Wildman–Crippen MR) is 95.4 cm³/mol. The van der Waals surface area contributed by atoms with Gasteiger partial charge in [0, 0.05) is 53.4 Å². The van der Waals surface area contributed by atoms with Gasteiger partial charge < -0.3 is 15.0 Å². The number of hydrogen-bond donors (Lipinski definition) is 1. The van der Waals surface area contributed by atoms with E-state index in [-0.39, 0.29) is 11.9 Å². The summed E-state index contributed by atoms with van der Waals surface area (Å²) in [7, 11) is 1.56. The molecule has 1 aliphatic heterocycles. The van der Waals surface area contributed by atoms with Gasteiger partial charge in [-0.25, -0.2) is 4.98 Å². The molecular formula is C18H18BrN3O2. The van der Waals surface area contributed by atoms with Crippen molar-refractivity contribution in [1.29, 1.82) is 0 Å². The van der Waals surface area contributed by atoms with Crippen molar-refractivity contribution in [2.75, 3.05) is 25.1 Å². The third-order valence-corrected chi connectivity index (χ3v) is 5.42. The summed E-state index contributed by atoms with van der Waals surface area (Å²) in [4.78, 5) is 18.8. The zero-order chi connectivity index (χ0) is 16.7. The molecule has 1 amide bonds. The number of nitrogens with zero attached hydrogens (tertiary/aromatic N) is 2. The summed E-state index contributed by atoms with van der Waals surface area (Å²) in [5.41, 5.74) is 1.82. The van der Waals surface area contributed by atoms with Crippen molar-refractivity contribution < 1.29 is 9.53 Å². The van der Waals surface area contributed by atoms with E-state index in [4.69, 9.17) is 4.74 Å². The van der Waals surface area contributed by atoms with Gasteiger partial charge in [0.15, 0.2) is 0 Å². The van der Waals surface area contributed by atoms with Crippen LogP contribution in [0.1, 0.15) is 10.4 Å². The first-order chi connectivity index (χ1) is 11.7. The quantitative estimate of drug-likeness (QED) is 0.875. The Morgan fingerprint density at radius 3 is 2.50 bits per heavy atom. The zero-order valence-corrected chi connectivity index (χ0v) is 14.9. The molecular weight excluding hydrogens is 370 g/mol. The largest absolute Gasteiger partial charge is 0.481 e. The van der Waals surface area contributed by atoms with Crippen LogP contribution >= 0.6 is 15.9 Å². The summed E-state index contributed by atoms with van der Waals surface area (Å²) in [6.07, 6.45) is 1.56. The van der Waals surface area contributed by atoms with Crippen LogP contribution in [0.4, 0.5) is 5.69 Å². The fourth-order valence-corrected chi connectivity index (χ4v) is 3.74. The van der Waals surface area contributed by atoms with E-state index in [2.05, 4.69) is 55.4 Å². The van der Waals surface area contributed by atoms with Crippen LogP contribution in [-0.4, -0.2) is 37.1 Å². The second kappa shape index (κ2) is 6.09. The van der Waals surface area contributed by atoms with E-state index < -0.39 is 0 Å². The van der Waals surface area contributed by atoms with E-state index in [1.54, 1.807) is 25.4 Å². The molecule has 2 aliphatic rings. The predicted octanol–water partition coefficient (Wildman–Crippen LogP) is 2.72. The average molecular weight is 388 g/mol. The number of anilines is 1. The van der Waals surface area contributed by atoms with E-state index in [9.17, 15) is 4.79 Å². The number of amides is 1. The molecule has 0 radical (unpaired) electrons. The number of benzene rings is 1. The molecule has 1 N–H and O–H groups in total. The first kappa shape index (κ1) is 15.4. The van der Waals surface area contributed by atoms with E-state index in [0.29, 0.717) is 23.3 Å². The van der Waals surface area contributed by atoms with Gasteiger partial charge in [-0.1, -0.05) is 15.9 Å². The van der Waals surface area contributed by atoms with Gasteiger partial charge in [-0.3, -0.25) is 4.79 Å². The molecule has 1 saturated heterocycles. The van der Waals surface area contributed by atoms with Crippen LogP contribution in [0.3, 0.4) is 0 Å². The molecule has 2 fully saturated rings. The third-order valence-electron chi connectivity index (χ3n) is 4.89. The summed E-state index contributed by atoms with van der Waals surface area (Å²) in [5.74, 6) is 1.55. The number of carbonyl (C=O) groups excluding carboxylic acids is 1. The van der Waals surface area contributed by atoms with Crippen LogP contribution in [-0.2, 0) is 0 Å². The average Bonchev–Trinajstić information content (AvgIpc) is 3.05. The molecule has 24 heavy (non-hydrogen) atoms. The zero-order valence-electron chi connectivity index (χ0n) is 13.3. The van der Waals surface area contributed by atoms with Gasteiger partial charge in [0.05, 0.1) is 12.7 Å². The highest BCUT2D eigenvalue weighted by molar-refractivity contribution is 9.10. The standard InChI is InChI=1S/C18H18BrN3O2/c1-24-16-7-2-11(8-20-16)18(23)21-17-14-9-22(10-15(14)17)13-5-3-12(19)4-6-13/h2-8,14-15,17H,9-10H2,1H3,(H,21,23)/t14-,15+,17?. The Kier molecular flexibility index (Phi) is 3.92. The van der Waals surface area contributed by atoms with Gasteiger partial charge in [-0.15, -0.1) is 0 Å². The topological polar surface area (TPSA) is 54.5 Å². The van der Waals surface area contributed by atoms with Gasteiger partial charge in [0.2, 0.25) is 5.88 Å². The number of fused-ring (bicyclic) bond motifs is 1. The Morgan fingerprint density at radius 2 is 1.92 bits per heavy atom. The van der Waals surface area contributed by atoms with E-state index >= 15 is 0 Å². The summed E-state index contributed by atoms with van der Waals surface area (Å²) >= 11 is 3.46. The minimum absolute atomic E-state index is 0.0558. The highest BCUT2D eigenvalue weighted by Crippen LogP contribution is 2.46. The van der Waals surface area contributed by atoms with E-state index in [1.165, 1.54) is 5.69 Å². The Hall–Kier alpha value is -2.08. The summed E-state index contributed by atoms with van der Waals surface area (Å²) in [6.45, 7) is 2.00. The number of halogens is 1. The van der Waals surface area contributed by atoms with Crippen LogP contribution < -0.4 is 15.0 Å². The number of piperidine rings is 1. The Balaban J connectivity index is 1.33. The molecule has 6 heteroatoms. The lowest BCUT2D eigenvalue weighted by Crippen LogP contribution is -2.34. The second-order valence-corrected chi connectivity index (χ2v) is 7.21. The van der Waals surface area contributed by atoms with Crippen molar-refractivity contribution in [2.24, 2.45) is 11.8 Å². The number of methoxy groups -OCH3 is 1. The molecule has 4 rings (SSSR count). The molecule has 3 atom stereocenters. The first-order valence-electron chi connectivity index (χ1n) is 7.97. The Bertz CT molecular complexity index is 736. The molecule has 1 aliphatic carbocycles. The molecule has 1 saturated carbocycles. The highest BCUT2D eigenvalue weighted by Gasteiger charge is 2.56. The minimum Gasteiger partial charge on any atom is -0.481 e. The fraction of sp³-hybridized carbons (Fsp3) is 0.333. The number of hydrogen-bond acceptors (Lipinski definition) is 4. The number of rotatable bonds is 4. The maximum atomic E-state index is 12.3. The smallest absolute Gasteiger partial charge is 0.253 e. The molecule has 0 spiro atoms. The lowest BCUT2D eigenvalue weighted by atomic mass is 10.2. The molecule has 1 aromatic heterocycles. The van der Waals surface area contributed by atoms with Gasteiger partial charge >= 0.3 is 0 Å². The Morgan fingerprint density at radius 1 is 1.21 bits per heavy atom. The molecule has 2 heterocycles. The van der Waals surface area contributed by atoms with Crippen molar-refractivity contribution in [3.63, 3.8) is 0 Å². The number of carbonyl (C=O) groups is 1. The first-order valence-corrected chi connectivity index (χ1v) is 8.76. The summed E-state index contributed by atoms with van der Waals surface area (Å²) in [5, 5.41) is 3.14. The van der Waals surface area contributed by atoms with Gasteiger partial charge in [0.1, 0.15) is 0 Å². The van der Waals surface area contributed by atoms with Crippen LogP contribution in [0.25, 0.3) is 0 Å². The SMILES string of the molecule is COc1ccc(C(=O)NC2[C@H]3CN(c4ccc(Br)cc4)C[C@@H]23)cn1. The second-order valence-electron chi connectivity index (χ2n) is 6.30. The van der Waals surface area contributed by atoms with Crippen LogP contribution in [0.5, 0.6) is 5.88 Å². The van der Waals surface area contributed by atoms with E-state index in [0.717, 1.165) is 17.6 Å². The summed E-state index contributed by atoms with van der Waals surface area (Å²) < 4.78 is 6.10. The molecule has 5 nitrogen and oxygen atoms in total. The summed E-state index contributed by atoms with van der Waals surface area (Å²) in [6, 6.07) is 12.1. The van der Waals surface area contributed by atoms with Gasteiger partial charge in [0.25, 0.3) is 5.91 Å². The molecule has 1 unspecified atom stereocenters. The highest BCUT2D eigenvalue weighted by atomic mass is 79.9. The van der Waals surface area contributed by atoms with Gasteiger partial charge in [-0.05, 0) is 30.3 Å². The van der Waals surface area contributed by atoms with Crippen molar-refractivity contribution >= 4 is 27.5 Å². The number of nitrogens with one attached hydrogen (secondary N) is 1. The maximum absolute atomic E-state index is 12.3. The third kappa shape index (κ3) is 2.86. The normalized spacial score (nSPS) is 24.4. The Labute approximate surface area is 149 Å². The van der Waals surface area contributed by atoms with E-state index in [1.807, 2.05) is 0 Å². The van der Waals surface area contributed by atoms with Crippen LogP contribution in [0.2, 0.25) is 0 Å². The molecule has 2 aromatic rings.